The summed E-state index contributed by atoms with van der Waals surface area (Å²) < 4.78 is 38.8. The number of benzene rings is 2. The molecular formula is C21H19FN2O3S2. The average molecular weight is 431 g/mol. The van der Waals surface area contributed by atoms with E-state index in [0.29, 0.717) is 24.2 Å². The van der Waals surface area contributed by atoms with Crippen LogP contribution in [0.3, 0.4) is 0 Å². The maximum atomic E-state index is 13.3. The fourth-order valence-electron chi connectivity index (χ4n) is 3.35. The van der Waals surface area contributed by atoms with Gasteiger partial charge in [0.05, 0.1) is 17.5 Å². The highest BCUT2D eigenvalue weighted by Gasteiger charge is 2.28. The molecule has 0 unspecified atom stereocenters. The van der Waals surface area contributed by atoms with E-state index in [0.717, 1.165) is 10.4 Å². The zero-order chi connectivity index (χ0) is 20.4. The predicted molar refractivity (Wildman–Crippen MR) is 112 cm³/mol. The lowest BCUT2D eigenvalue weighted by Gasteiger charge is -2.19. The van der Waals surface area contributed by atoms with E-state index in [2.05, 4.69) is 5.32 Å². The second-order valence-electron chi connectivity index (χ2n) is 6.76. The van der Waals surface area contributed by atoms with Crippen LogP contribution in [0.1, 0.15) is 33.3 Å². The van der Waals surface area contributed by atoms with Gasteiger partial charge in [0.15, 0.2) is 0 Å². The van der Waals surface area contributed by atoms with Crippen LogP contribution >= 0.6 is 11.3 Å². The SMILES string of the molecule is O=C(N[C@H](c1ccc(F)cc1)c1cccs1)c1ccc(N2CCCS2(=O)=O)cc1. The van der Waals surface area contributed by atoms with E-state index in [9.17, 15) is 17.6 Å². The largest absolute Gasteiger partial charge is 0.340 e. The van der Waals surface area contributed by atoms with Gasteiger partial charge in [0.1, 0.15) is 5.82 Å². The Hall–Kier alpha value is -2.71. The fraction of sp³-hybridized carbons (Fsp3) is 0.190. The molecule has 4 rings (SSSR count). The second kappa shape index (κ2) is 7.96. The molecule has 2 heterocycles. The molecule has 1 N–H and O–H groups in total. The van der Waals surface area contributed by atoms with Crippen molar-refractivity contribution in [2.24, 2.45) is 0 Å². The molecule has 1 aliphatic heterocycles. The quantitative estimate of drug-likeness (QED) is 0.667. The van der Waals surface area contributed by atoms with E-state index >= 15 is 0 Å². The number of amides is 1. The summed E-state index contributed by atoms with van der Waals surface area (Å²) in [7, 11) is -3.26. The van der Waals surface area contributed by atoms with Crippen LogP contribution in [-0.2, 0) is 10.0 Å². The number of rotatable bonds is 5. The molecule has 8 heteroatoms. The molecule has 0 bridgehead atoms. The maximum Gasteiger partial charge on any atom is 0.252 e. The summed E-state index contributed by atoms with van der Waals surface area (Å²) in [5.41, 5.74) is 1.77. The van der Waals surface area contributed by atoms with Crippen molar-refractivity contribution in [2.75, 3.05) is 16.6 Å². The van der Waals surface area contributed by atoms with Crippen molar-refractivity contribution in [3.8, 4) is 0 Å². The standard InChI is InChI=1S/C21H19FN2O3S2/c22-17-8-4-15(5-9-17)20(19-3-1-13-28-19)23-21(25)16-6-10-18(11-7-16)24-12-2-14-29(24,26)27/h1,3-11,13,20H,2,12,14H2,(H,23,25)/t20-/m1/s1. The number of hydrogen-bond donors (Lipinski definition) is 1. The number of hydrogen-bond acceptors (Lipinski definition) is 4. The van der Waals surface area contributed by atoms with Gasteiger partial charge in [0.25, 0.3) is 5.91 Å². The van der Waals surface area contributed by atoms with Gasteiger partial charge in [-0.15, -0.1) is 11.3 Å². The van der Waals surface area contributed by atoms with Crippen molar-refractivity contribution in [2.45, 2.75) is 12.5 Å². The van der Waals surface area contributed by atoms with E-state index in [-0.39, 0.29) is 17.5 Å². The van der Waals surface area contributed by atoms with Crippen molar-refractivity contribution in [1.82, 2.24) is 5.32 Å². The molecule has 1 aliphatic rings. The Labute approximate surface area is 172 Å². The van der Waals surface area contributed by atoms with Crippen LogP contribution in [0.5, 0.6) is 0 Å². The van der Waals surface area contributed by atoms with Gasteiger partial charge in [-0.1, -0.05) is 18.2 Å². The van der Waals surface area contributed by atoms with Crippen LogP contribution in [0.4, 0.5) is 10.1 Å². The molecule has 0 aliphatic carbocycles. The number of thiophene rings is 1. The van der Waals surface area contributed by atoms with E-state index in [1.165, 1.54) is 27.8 Å². The van der Waals surface area contributed by atoms with E-state index in [4.69, 9.17) is 0 Å². The van der Waals surface area contributed by atoms with Gasteiger partial charge in [-0.25, -0.2) is 12.8 Å². The minimum atomic E-state index is -3.26. The van der Waals surface area contributed by atoms with Crippen LogP contribution in [0.15, 0.2) is 66.0 Å². The molecule has 29 heavy (non-hydrogen) atoms. The highest BCUT2D eigenvalue weighted by molar-refractivity contribution is 7.93. The predicted octanol–water partition coefficient (Wildman–Crippen LogP) is 3.95. The highest BCUT2D eigenvalue weighted by Crippen LogP contribution is 2.28. The number of sulfonamides is 1. The van der Waals surface area contributed by atoms with Gasteiger partial charge in [-0.2, -0.15) is 0 Å². The van der Waals surface area contributed by atoms with E-state index in [1.54, 1.807) is 36.4 Å². The Morgan fingerprint density at radius 1 is 1.07 bits per heavy atom. The third-order valence-electron chi connectivity index (χ3n) is 4.82. The molecule has 3 aromatic rings. The fourth-order valence-corrected chi connectivity index (χ4v) is 5.72. The maximum absolute atomic E-state index is 13.3. The summed E-state index contributed by atoms with van der Waals surface area (Å²) in [5.74, 6) is -0.476. The Morgan fingerprint density at radius 3 is 2.38 bits per heavy atom. The first-order valence-electron chi connectivity index (χ1n) is 9.14. The molecule has 1 saturated heterocycles. The summed E-state index contributed by atoms with van der Waals surface area (Å²) in [5, 5.41) is 4.91. The first-order valence-corrected chi connectivity index (χ1v) is 11.6. The van der Waals surface area contributed by atoms with E-state index in [1.807, 2.05) is 17.5 Å². The minimum absolute atomic E-state index is 0.148. The van der Waals surface area contributed by atoms with Gasteiger partial charge >= 0.3 is 0 Å². The number of carbonyl (C=O) groups excluding carboxylic acids is 1. The smallest absolute Gasteiger partial charge is 0.252 e. The first kappa shape index (κ1) is 19.6. The summed E-state index contributed by atoms with van der Waals surface area (Å²) in [6, 6.07) is 16.0. The molecule has 2 aromatic carbocycles. The number of carbonyl (C=O) groups is 1. The molecule has 1 amide bonds. The monoisotopic (exact) mass is 430 g/mol. The second-order valence-corrected chi connectivity index (χ2v) is 9.75. The Kier molecular flexibility index (Phi) is 5.38. The van der Waals surface area contributed by atoms with Gasteiger partial charge in [-0.3, -0.25) is 9.10 Å². The lowest BCUT2D eigenvalue weighted by Crippen LogP contribution is -2.29. The molecule has 0 spiro atoms. The van der Waals surface area contributed by atoms with Crippen LogP contribution in [-0.4, -0.2) is 26.6 Å². The first-order chi connectivity index (χ1) is 13.9. The normalized spacial score (nSPS) is 16.5. The number of anilines is 1. The van der Waals surface area contributed by atoms with E-state index < -0.39 is 16.1 Å². The Bertz CT molecular complexity index is 1100. The summed E-state index contributed by atoms with van der Waals surface area (Å²) in [6.07, 6.45) is 0.602. The highest BCUT2D eigenvalue weighted by atomic mass is 32.2. The molecule has 1 fully saturated rings. The zero-order valence-electron chi connectivity index (χ0n) is 15.4. The van der Waals surface area contributed by atoms with Crippen LogP contribution in [0, 0.1) is 5.82 Å². The molecule has 5 nitrogen and oxygen atoms in total. The van der Waals surface area contributed by atoms with Gasteiger partial charge in [0.2, 0.25) is 10.0 Å². The lowest BCUT2D eigenvalue weighted by molar-refractivity contribution is 0.0943. The number of halogens is 1. The van der Waals surface area contributed by atoms with Crippen LogP contribution in [0.2, 0.25) is 0 Å². The Morgan fingerprint density at radius 2 is 1.79 bits per heavy atom. The molecule has 1 atom stereocenters. The minimum Gasteiger partial charge on any atom is -0.340 e. The third-order valence-corrected chi connectivity index (χ3v) is 7.63. The summed E-state index contributed by atoms with van der Waals surface area (Å²) in [4.78, 5) is 13.8. The summed E-state index contributed by atoms with van der Waals surface area (Å²) in [6.45, 7) is 0.457. The van der Waals surface area contributed by atoms with Gasteiger partial charge in [-0.05, 0) is 59.8 Å². The van der Waals surface area contributed by atoms with Crippen LogP contribution in [0.25, 0.3) is 0 Å². The van der Waals surface area contributed by atoms with Crippen molar-refractivity contribution in [3.05, 3.63) is 87.9 Å². The Balaban J connectivity index is 1.56. The zero-order valence-corrected chi connectivity index (χ0v) is 17.0. The number of nitrogens with one attached hydrogen (secondary N) is 1. The molecular weight excluding hydrogens is 411 g/mol. The van der Waals surface area contributed by atoms with Gasteiger partial charge in [0, 0.05) is 17.0 Å². The van der Waals surface area contributed by atoms with Gasteiger partial charge < -0.3 is 5.32 Å². The average Bonchev–Trinajstić information content (AvgIpc) is 3.36. The third kappa shape index (κ3) is 4.18. The number of nitrogens with zero attached hydrogens (tertiary/aromatic N) is 1. The molecule has 0 radical (unpaired) electrons. The lowest BCUT2D eigenvalue weighted by atomic mass is 10.0. The van der Waals surface area contributed by atoms with Crippen molar-refractivity contribution < 1.29 is 17.6 Å². The molecule has 150 valence electrons. The topological polar surface area (TPSA) is 66.5 Å². The molecule has 1 aromatic heterocycles. The molecule has 0 saturated carbocycles. The van der Waals surface area contributed by atoms with Crippen molar-refractivity contribution in [1.29, 1.82) is 0 Å². The van der Waals surface area contributed by atoms with Crippen molar-refractivity contribution in [3.63, 3.8) is 0 Å². The van der Waals surface area contributed by atoms with Crippen molar-refractivity contribution >= 4 is 33.0 Å². The summed E-state index contributed by atoms with van der Waals surface area (Å²) >= 11 is 1.50. The van der Waals surface area contributed by atoms with Crippen LogP contribution < -0.4 is 9.62 Å².